The number of piperidine rings is 1. The topological polar surface area (TPSA) is 32.3 Å². The zero-order valence-corrected chi connectivity index (χ0v) is 12.9. The highest BCUT2D eigenvalue weighted by Crippen LogP contribution is 2.28. The average Bonchev–Trinajstić information content (AvgIpc) is 3.30. The average molecular weight is 313 g/mol. The van der Waals surface area contributed by atoms with Crippen LogP contribution in [0.1, 0.15) is 36.0 Å². The summed E-state index contributed by atoms with van der Waals surface area (Å²) in [7, 11) is 0. The normalized spacial score (nSPS) is 19.2. The largest absolute Gasteiger partial charge is 0.339 e. The summed E-state index contributed by atoms with van der Waals surface area (Å²) in [5.41, 5.74) is 0.579. The SMILES string of the molecule is Cl.O=C(c1ccc(F)cc1)N1CCC(NCC2CC2)CC1. The monoisotopic (exact) mass is 312 g/mol. The van der Waals surface area contributed by atoms with Gasteiger partial charge in [0, 0.05) is 24.7 Å². The van der Waals surface area contributed by atoms with Crippen molar-refractivity contribution in [3.63, 3.8) is 0 Å². The molecule has 1 N–H and O–H groups in total. The molecular weight excluding hydrogens is 291 g/mol. The van der Waals surface area contributed by atoms with E-state index in [0.29, 0.717) is 11.6 Å². The Kier molecular flexibility index (Phi) is 5.59. The van der Waals surface area contributed by atoms with E-state index in [1.807, 2.05) is 4.90 Å². The summed E-state index contributed by atoms with van der Waals surface area (Å²) in [6.45, 7) is 2.72. The van der Waals surface area contributed by atoms with Gasteiger partial charge in [-0.25, -0.2) is 4.39 Å². The van der Waals surface area contributed by atoms with Gasteiger partial charge in [-0.15, -0.1) is 12.4 Å². The molecule has 0 aromatic heterocycles. The molecule has 0 spiro atoms. The minimum atomic E-state index is -0.301. The highest BCUT2D eigenvalue weighted by Gasteiger charge is 2.26. The van der Waals surface area contributed by atoms with Gasteiger partial charge in [0.05, 0.1) is 0 Å². The Balaban J connectivity index is 0.00000161. The van der Waals surface area contributed by atoms with Crippen LogP contribution in [-0.2, 0) is 0 Å². The molecular formula is C16H22ClFN2O. The van der Waals surface area contributed by atoms with E-state index in [-0.39, 0.29) is 24.1 Å². The van der Waals surface area contributed by atoms with E-state index in [1.54, 1.807) is 12.1 Å². The number of nitrogens with one attached hydrogen (secondary N) is 1. The van der Waals surface area contributed by atoms with E-state index in [9.17, 15) is 9.18 Å². The Morgan fingerprint density at radius 1 is 1.14 bits per heavy atom. The quantitative estimate of drug-likeness (QED) is 0.927. The standard InChI is InChI=1S/C16H21FN2O.ClH/c17-14-5-3-13(4-6-14)16(20)19-9-7-15(8-10-19)18-11-12-1-2-12;/h3-6,12,15,18H,1-2,7-11H2;1H. The van der Waals surface area contributed by atoms with Crippen molar-refractivity contribution in [1.82, 2.24) is 10.2 Å². The van der Waals surface area contributed by atoms with Gasteiger partial charge in [0.1, 0.15) is 5.82 Å². The summed E-state index contributed by atoms with van der Waals surface area (Å²) in [4.78, 5) is 14.2. The van der Waals surface area contributed by atoms with E-state index >= 15 is 0 Å². The van der Waals surface area contributed by atoms with Crippen molar-refractivity contribution < 1.29 is 9.18 Å². The molecule has 0 bridgehead atoms. The lowest BCUT2D eigenvalue weighted by Gasteiger charge is -2.32. The second kappa shape index (κ2) is 7.23. The van der Waals surface area contributed by atoms with Crippen LogP contribution in [0.5, 0.6) is 0 Å². The molecule has 1 aromatic rings. The number of halogens is 2. The van der Waals surface area contributed by atoms with Crippen molar-refractivity contribution in [3.8, 4) is 0 Å². The van der Waals surface area contributed by atoms with Gasteiger partial charge in [0.25, 0.3) is 5.91 Å². The number of hydrogen-bond acceptors (Lipinski definition) is 2. The Hall–Kier alpha value is -1.13. The van der Waals surface area contributed by atoms with E-state index in [1.165, 1.54) is 25.0 Å². The van der Waals surface area contributed by atoms with Crippen molar-refractivity contribution in [2.45, 2.75) is 31.7 Å². The first kappa shape index (κ1) is 16.2. The first-order chi connectivity index (χ1) is 9.72. The first-order valence-corrected chi connectivity index (χ1v) is 7.50. The number of amides is 1. The van der Waals surface area contributed by atoms with Crippen LogP contribution in [0.4, 0.5) is 4.39 Å². The smallest absolute Gasteiger partial charge is 0.253 e. The Morgan fingerprint density at radius 2 is 1.76 bits per heavy atom. The summed E-state index contributed by atoms with van der Waals surface area (Å²) in [6, 6.07) is 6.37. The van der Waals surface area contributed by atoms with Gasteiger partial charge >= 0.3 is 0 Å². The van der Waals surface area contributed by atoms with Gasteiger partial charge in [-0.3, -0.25) is 4.79 Å². The number of rotatable bonds is 4. The zero-order chi connectivity index (χ0) is 13.9. The third kappa shape index (κ3) is 4.42. The summed E-state index contributed by atoms with van der Waals surface area (Å²) in [5.74, 6) is 0.615. The van der Waals surface area contributed by atoms with Crippen molar-refractivity contribution in [2.75, 3.05) is 19.6 Å². The van der Waals surface area contributed by atoms with E-state index in [4.69, 9.17) is 0 Å². The summed E-state index contributed by atoms with van der Waals surface area (Å²) in [5, 5.41) is 3.60. The Morgan fingerprint density at radius 3 is 2.33 bits per heavy atom. The van der Waals surface area contributed by atoms with Gasteiger partial charge in [-0.05, 0) is 62.4 Å². The molecule has 2 aliphatic rings. The van der Waals surface area contributed by atoms with Gasteiger partial charge < -0.3 is 10.2 Å². The molecule has 0 radical (unpaired) electrons. The molecule has 1 aliphatic heterocycles. The Bertz CT molecular complexity index is 468. The van der Waals surface area contributed by atoms with Gasteiger partial charge in [0.15, 0.2) is 0 Å². The molecule has 0 atom stereocenters. The number of benzene rings is 1. The third-order valence-electron chi connectivity index (χ3n) is 4.27. The second-order valence-corrected chi connectivity index (χ2v) is 5.92. The van der Waals surface area contributed by atoms with Crippen molar-refractivity contribution in [2.24, 2.45) is 5.92 Å². The highest BCUT2D eigenvalue weighted by molar-refractivity contribution is 5.94. The maximum absolute atomic E-state index is 12.9. The fraction of sp³-hybridized carbons (Fsp3) is 0.562. The van der Waals surface area contributed by atoms with Crippen LogP contribution < -0.4 is 5.32 Å². The van der Waals surface area contributed by atoms with Gasteiger partial charge in [-0.1, -0.05) is 0 Å². The number of nitrogens with zero attached hydrogens (tertiary/aromatic N) is 1. The van der Waals surface area contributed by atoms with E-state index < -0.39 is 0 Å². The van der Waals surface area contributed by atoms with Crippen molar-refractivity contribution in [3.05, 3.63) is 35.6 Å². The Labute approximate surface area is 131 Å². The molecule has 3 rings (SSSR count). The molecule has 0 unspecified atom stereocenters. The highest BCUT2D eigenvalue weighted by atomic mass is 35.5. The fourth-order valence-corrected chi connectivity index (χ4v) is 2.72. The molecule has 1 amide bonds. The van der Waals surface area contributed by atoms with Crippen LogP contribution in [0, 0.1) is 11.7 Å². The number of carbonyl (C=O) groups is 1. The number of carbonyl (C=O) groups excluding carboxylic acids is 1. The zero-order valence-electron chi connectivity index (χ0n) is 12.1. The lowest BCUT2D eigenvalue weighted by atomic mass is 10.0. The summed E-state index contributed by atoms with van der Waals surface area (Å²) < 4.78 is 12.9. The molecule has 21 heavy (non-hydrogen) atoms. The number of hydrogen-bond donors (Lipinski definition) is 1. The minimum Gasteiger partial charge on any atom is -0.339 e. The second-order valence-electron chi connectivity index (χ2n) is 5.92. The lowest BCUT2D eigenvalue weighted by molar-refractivity contribution is 0.0705. The van der Waals surface area contributed by atoms with Crippen molar-refractivity contribution in [1.29, 1.82) is 0 Å². The first-order valence-electron chi connectivity index (χ1n) is 7.50. The minimum absolute atomic E-state index is 0. The van der Waals surface area contributed by atoms with Gasteiger partial charge in [0.2, 0.25) is 0 Å². The molecule has 2 fully saturated rings. The van der Waals surface area contributed by atoms with Crippen LogP contribution in [0.2, 0.25) is 0 Å². The molecule has 1 heterocycles. The predicted molar refractivity (Wildman–Crippen MR) is 83.3 cm³/mol. The molecule has 1 saturated heterocycles. The third-order valence-corrected chi connectivity index (χ3v) is 4.27. The molecule has 5 heteroatoms. The summed E-state index contributed by atoms with van der Waals surface area (Å²) in [6.07, 6.45) is 4.77. The van der Waals surface area contributed by atoms with Crippen LogP contribution >= 0.6 is 12.4 Å². The van der Waals surface area contributed by atoms with Crippen LogP contribution in [0.15, 0.2) is 24.3 Å². The van der Waals surface area contributed by atoms with Crippen LogP contribution in [0.3, 0.4) is 0 Å². The van der Waals surface area contributed by atoms with Crippen molar-refractivity contribution >= 4 is 18.3 Å². The maximum atomic E-state index is 12.9. The fourth-order valence-electron chi connectivity index (χ4n) is 2.72. The van der Waals surface area contributed by atoms with Crippen LogP contribution in [0.25, 0.3) is 0 Å². The molecule has 1 saturated carbocycles. The molecule has 116 valence electrons. The van der Waals surface area contributed by atoms with E-state index in [0.717, 1.165) is 38.4 Å². The number of likely N-dealkylation sites (tertiary alicyclic amines) is 1. The molecule has 1 aromatic carbocycles. The molecule has 1 aliphatic carbocycles. The summed E-state index contributed by atoms with van der Waals surface area (Å²) >= 11 is 0. The van der Waals surface area contributed by atoms with Crippen LogP contribution in [-0.4, -0.2) is 36.5 Å². The lowest BCUT2D eigenvalue weighted by Crippen LogP contribution is -2.45. The molecule has 3 nitrogen and oxygen atoms in total. The van der Waals surface area contributed by atoms with Gasteiger partial charge in [-0.2, -0.15) is 0 Å². The van der Waals surface area contributed by atoms with E-state index in [2.05, 4.69) is 5.32 Å². The predicted octanol–water partition coefficient (Wildman–Crippen LogP) is 2.85. The maximum Gasteiger partial charge on any atom is 0.253 e.